The molecule has 1 N–H and O–H groups in total. The van der Waals surface area contributed by atoms with Crippen molar-refractivity contribution in [2.75, 3.05) is 12.4 Å². The van der Waals surface area contributed by atoms with E-state index in [1.807, 2.05) is 12.1 Å². The van der Waals surface area contributed by atoms with Gasteiger partial charge in [-0.2, -0.15) is 5.26 Å². The summed E-state index contributed by atoms with van der Waals surface area (Å²) in [5.41, 5.74) is 3.14. The second-order valence-electron chi connectivity index (χ2n) is 6.96. The molecule has 4 rings (SSSR count). The highest BCUT2D eigenvalue weighted by Gasteiger charge is 2.21. The summed E-state index contributed by atoms with van der Waals surface area (Å²) < 4.78 is 5.44. The van der Waals surface area contributed by atoms with Crippen LogP contribution in [-0.4, -0.2) is 34.2 Å². The molecule has 0 spiro atoms. The highest BCUT2D eigenvalue weighted by Crippen LogP contribution is 2.31. The van der Waals surface area contributed by atoms with E-state index in [1.165, 1.54) is 0 Å². The van der Waals surface area contributed by atoms with Gasteiger partial charge in [0.15, 0.2) is 0 Å². The van der Waals surface area contributed by atoms with Gasteiger partial charge in [0, 0.05) is 31.1 Å². The third kappa shape index (κ3) is 3.77. The molecular weight excluding hydrogens is 374 g/mol. The van der Waals surface area contributed by atoms with Crippen LogP contribution in [0.5, 0.6) is 0 Å². The van der Waals surface area contributed by atoms with E-state index in [9.17, 15) is 0 Å². The lowest BCUT2D eigenvalue weighted by molar-refractivity contribution is 0.0681. The smallest absolute Gasteiger partial charge is 0.223 e. The highest BCUT2D eigenvalue weighted by atomic mass is 35.5. The number of ether oxygens (including phenoxy) is 1. The highest BCUT2D eigenvalue weighted by molar-refractivity contribution is 6.34. The summed E-state index contributed by atoms with van der Waals surface area (Å²) >= 11 is 6.27. The topological polar surface area (TPSA) is 83.7 Å². The van der Waals surface area contributed by atoms with Gasteiger partial charge in [-0.1, -0.05) is 23.7 Å². The van der Waals surface area contributed by atoms with Crippen LogP contribution >= 0.6 is 11.6 Å². The minimum absolute atomic E-state index is 0.333. The summed E-state index contributed by atoms with van der Waals surface area (Å²) in [4.78, 5) is 13.5. The van der Waals surface area contributed by atoms with Gasteiger partial charge in [-0.3, -0.25) is 0 Å². The van der Waals surface area contributed by atoms with Gasteiger partial charge in [-0.05, 0) is 43.4 Å². The summed E-state index contributed by atoms with van der Waals surface area (Å²) in [5.74, 6) is 0.588. The number of halogens is 1. The van der Waals surface area contributed by atoms with E-state index in [-0.39, 0.29) is 0 Å². The second-order valence-corrected chi connectivity index (χ2v) is 7.32. The molecule has 1 fully saturated rings. The number of nitrogens with zero attached hydrogens (tertiary/aromatic N) is 4. The first-order valence-electron chi connectivity index (χ1n) is 9.29. The fraction of sp³-hybridized carbons (Fsp3) is 0.333. The lowest BCUT2D eigenvalue weighted by Gasteiger charge is -2.28. The molecule has 0 unspecified atom stereocenters. The molecule has 2 aromatic heterocycles. The molecule has 0 aliphatic heterocycles. The molecule has 2 heterocycles. The van der Waals surface area contributed by atoms with Gasteiger partial charge < -0.3 is 10.1 Å². The van der Waals surface area contributed by atoms with Crippen LogP contribution in [0.25, 0.3) is 22.0 Å². The molecule has 7 heteroatoms. The van der Waals surface area contributed by atoms with Gasteiger partial charge in [0.1, 0.15) is 5.15 Å². The molecule has 1 aromatic carbocycles. The third-order valence-electron chi connectivity index (χ3n) is 5.24. The summed E-state index contributed by atoms with van der Waals surface area (Å²) in [7, 11) is 1.77. The molecule has 0 bridgehead atoms. The monoisotopic (exact) mass is 393 g/mol. The van der Waals surface area contributed by atoms with Crippen molar-refractivity contribution in [2.24, 2.45) is 0 Å². The van der Waals surface area contributed by atoms with Gasteiger partial charge in [-0.25, -0.2) is 15.0 Å². The molecule has 1 saturated carbocycles. The summed E-state index contributed by atoms with van der Waals surface area (Å²) in [6.07, 6.45) is 7.91. The van der Waals surface area contributed by atoms with Crippen LogP contribution in [0.15, 0.2) is 36.7 Å². The van der Waals surface area contributed by atoms with Crippen LogP contribution in [0, 0.1) is 11.3 Å². The molecule has 6 nitrogen and oxygen atoms in total. The van der Waals surface area contributed by atoms with Gasteiger partial charge in [-0.15, -0.1) is 0 Å². The lowest BCUT2D eigenvalue weighted by atomic mass is 9.93. The van der Waals surface area contributed by atoms with E-state index in [4.69, 9.17) is 26.6 Å². The SMILES string of the molecule is CO[C@H]1CC[C@H](Nc2ncc3c(Cl)ncc(-c4ccc(C#N)cc4)c3n2)CC1. The largest absolute Gasteiger partial charge is 0.381 e. The van der Waals surface area contributed by atoms with E-state index in [0.717, 1.165) is 42.3 Å². The molecule has 0 radical (unpaired) electrons. The van der Waals surface area contributed by atoms with Crippen LogP contribution in [0.1, 0.15) is 31.2 Å². The van der Waals surface area contributed by atoms with Crippen molar-refractivity contribution in [2.45, 2.75) is 37.8 Å². The third-order valence-corrected chi connectivity index (χ3v) is 5.54. The van der Waals surface area contributed by atoms with Crippen LogP contribution in [0.2, 0.25) is 5.15 Å². The molecule has 142 valence electrons. The predicted octanol–water partition coefficient (Wildman–Crippen LogP) is 4.59. The van der Waals surface area contributed by atoms with E-state index < -0.39 is 0 Å². The maximum absolute atomic E-state index is 9.01. The van der Waals surface area contributed by atoms with Crippen molar-refractivity contribution in [1.82, 2.24) is 15.0 Å². The number of nitrogens with one attached hydrogen (secondary N) is 1. The Balaban J connectivity index is 1.66. The zero-order valence-corrected chi connectivity index (χ0v) is 16.3. The number of rotatable bonds is 4. The maximum Gasteiger partial charge on any atom is 0.223 e. The molecule has 3 aromatic rings. The summed E-state index contributed by atoms with van der Waals surface area (Å²) in [6.45, 7) is 0. The average molecular weight is 394 g/mol. The molecule has 1 aliphatic rings. The molecular formula is C21H20ClN5O. The zero-order valence-electron chi connectivity index (χ0n) is 15.5. The Labute approximate surface area is 168 Å². The van der Waals surface area contributed by atoms with Crippen LogP contribution in [0.3, 0.4) is 0 Å². The minimum atomic E-state index is 0.333. The summed E-state index contributed by atoms with van der Waals surface area (Å²) in [5, 5.41) is 13.5. The van der Waals surface area contributed by atoms with Crippen molar-refractivity contribution in [1.29, 1.82) is 5.26 Å². The Morgan fingerprint density at radius 3 is 2.54 bits per heavy atom. The number of hydrogen-bond donors (Lipinski definition) is 1. The van der Waals surface area contributed by atoms with Crippen molar-refractivity contribution in [3.63, 3.8) is 0 Å². The number of fused-ring (bicyclic) bond motifs is 1. The number of hydrogen-bond acceptors (Lipinski definition) is 6. The number of pyridine rings is 1. The minimum Gasteiger partial charge on any atom is -0.381 e. The molecule has 28 heavy (non-hydrogen) atoms. The molecule has 0 atom stereocenters. The second kappa shape index (κ2) is 8.09. The van der Waals surface area contributed by atoms with E-state index >= 15 is 0 Å². The fourth-order valence-electron chi connectivity index (χ4n) is 3.62. The average Bonchev–Trinajstić information content (AvgIpc) is 2.75. The van der Waals surface area contributed by atoms with E-state index in [1.54, 1.807) is 31.6 Å². The number of benzene rings is 1. The van der Waals surface area contributed by atoms with Gasteiger partial charge in [0.05, 0.1) is 28.6 Å². The van der Waals surface area contributed by atoms with Crippen LogP contribution < -0.4 is 5.32 Å². The van der Waals surface area contributed by atoms with Crippen molar-refractivity contribution < 1.29 is 4.74 Å². The fourth-order valence-corrected chi connectivity index (χ4v) is 3.81. The number of nitriles is 1. The van der Waals surface area contributed by atoms with Crippen LogP contribution in [0.4, 0.5) is 5.95 Å². The number of aromatic nitrogens is 3. The first-order chi connectivity index (χ1) is 13.7. The van der Waals surface area contributed by atoms with Gasteiger partial charge in [0.25, 0.3) is 0 Å². The normalized spacial score (nSPS) is 19.3. The van der Waals surface area contributed by atoms with Crippen molar-refractivity contribution >= 4 is 28.5 Å². The molecule has 0 amide bonds. The van der Waals surface area contributed by atoms with Gasteiger partial charge >= 0.3 is 0 Å². The van der Waals surface area contributed by atoms with Crippen molar-refractivity contribution in [3.05, 3.63) is 47.4 Å². The lowest BCUT2D eigenvalue weighted by Crippen LogP contribution is -2.29. The summed E-state index contributed by atoms with van der Waals surface area (Å²) in [6, 6.07) is 9.82. The van der Waals surface area contributed by atoms with Crippen molar-refractivity contribution in [3.8, 4) is 17.2 Å². The predicted molar refractivity (Wildman–Crippen MR) is 109 cm³/mol. The Bertz CT molecular complexity index is 1020. The standard InChI is InChI=1S/C21H20ClN5O/c1-28-16-8-6-15(7-9-16)26-21-25-12-18-19(27-21)17(11-24-20(18)22)14-4-2-13(10-23)3-5-14/h2-5,11-12,15-16H,6-9H2,1H3,(H,25,26,27)/t15-,16-. The van der Waals surface area contributed by atoms with E-state index in [2.05, 4.69) is 21.4 Å². The number of methoxy groups -OCH3 is 1. The molecule has 1 aliphatic carbocycles. The quantitative estimate of drug-likeness (QED) is 0.653. The van der Waals surface area contributed by atoms with Gasteiger partial charge in [0.2, 0.25) is 5.95 Å². The van der Waals surface area contributed by atoms with E-state index in [0.29, 0.717) is 34.2 Å². The van der Waals surface area contributed by atoms with Crippen LogP contribution in [-0.2, 0) is 4.74 Å². The Kier molecular flexibility index (Phi) is 5.38. The first-order valence-corrected chi connectivity index (χ1v) is 9.67. The number of anilines is 1. The Morgan fingerprint density at radius 1 is 1.11 bits per heavy atom. The zero-order chi connectivity index (χ0) is 19.5. The first kappa shape index (κ1) is 18.6. The Morgan fingerprint density at radius 2 is 1.86 bits per heavy atom. The Hall–Kier alpha value is -2.75. The maximum atomic E-state index is 9.01. The molecule has 0 saturated heterocycles.